The van der Waals surface area contributed by atoms with Crippen LogP contribution in [0.2, 0.25) is 0 Å². The number of hydrogen-bond donors (Lipinski definition) is 0. The summed E-state index contributed by atoms with van der Waals surface area (Å²) in [6.45, 7) is 1.85. The Balaban J connectivity index is 1.93. The molecule has 136 valence electrons. The van der Waals surface area contributed by atoms with Gasteiger partial charge in [-0.25, -0.2) is 17.1 Å². The van der Waals surface area contributed by atoms with Crippen molar-refractivity contribution < 1.29 is 17.6 Å². The third-order valence-electron chi connectivity index (χ3n) is 4.67. The molecule has 1 atom stereocenters. The first kappa shape index (κ1) is 17.4. The highest BCUT2D eigenvalue weighted by Crippen LogP contribution is 2.42. The van der Waals surface area contributed by atoms with E-state index < -0.39 is 27.8 Å². The molecular weight excluding hydrogens is 365 g/mol. The number of hydrogen-bond acceptors (Lipinski definition) is 3. The first-order valence-corrected chi connectivity index (χ1v) is 9.83. The molecule has 3 aromatic rings. The highest BCUT2D eigenvalue weighted by molar-refractivity contribution is 7.89. The van der Waals surface area contributed by atoms with Gasteiger partial charge in [0.15, 0.2) is 0 Å². The van der Waals surface area contributed by atoms with Crippen LogP contribution in [-0.2, 0) is 10.0 Å². The summed E-state index contributed by atoms with van der Waals surface area (Å²) in [5, 5.41) is 0. The Labute approximate surface area is 156 Å². The van der Waals surface area contributed by atoms with E-state index in [4.69, 9.17) is 0 Å². The summed E-state index contributed by atoms with van der Waals surface area (Å²) in [5.74, 6) is -1.30. The number of sulfonamides is 1. The van der Waals surface area contributed by atoms with E-state index in [1.54, 1.807) is 36.4 Å². The van der Waals surface area contributed by atoms with Crippen molar-refractivity contribution >= 4 is 15.9 Å². The number of carbonyl (C=O) groups excluding carboxylic acids is 1. The van der Waals surface area contributed by atoms with E-state index in [1.165, 1.54) is 24.3 Å². The fraction of sp³-hybridized carbons (Fsp3) is 0.0952. The van der Waals surface area contributed by atoms with Crippen LogP contribution in [0, 0.1) is 12.7 Å². The summed E-state index contributed by atoms with van der Waals surface area (Å²) in [5.41, 5.74) is 2.10. The number of halogens is 1. The van der Waals surface area contributed by atoms with Gasteiger partial charge in [-0.1, -0.05) is 54.1 Å². The van der Waals surface area contributed by atoms with E-state index >= 15 is 0 Å². The predicted octanol–water partition coefficient (Wildman–Crippen LogP) is 4.07. The fourth-order valence-corrected chi connectivity index (χ4v) is 4.87. The molecule has 0 N–H and O–H groups in total. The van der Waals surface area contributed by atoms with Crippen molar-refractivity contribution in [2.24, 2.45) is 0 Å². The zero-order valence-electron chi connectivity index (χ0n) is 14.5. The van der Waals surface area contributed by atoms with Crippen molar-refractivity contribution in [3.8, 4) is 0 Å². The highest BCUT2D eigenvalue weighted by atomic mass is 32.2. The topological polar surface area (TPSA) is 54.5 Å². The molecule has 1 heterocycles. The lowest BCUT2D eigenvalue weighted by Crippen LogP contribution is -2.35. The molecule has 0 fully saturated rings. The minimum atomic E-state index is -4.12. The van der Waals surface area contributed by atoms with Crippen molar-refractivity contribution in [3.63, 3.8) is 0 Å². The molecule has 4 nitrogen and oxygen atoms in total. The lowest BCUT2D eigenvalue weighted by molar-refractivity contribution is 0.0865. The molecule has 3 aromatic carbocycles. The van der Waals surface area contributed by atoms with Crippen molar-refractivity contribution in [1.29, 1.82) is 0 Å². The monoisotopic (exact) mass is 381 g/mol. The molecule has 0 spiro atoms. The van der Waals surface area contributed by atoms with Crippen LogP contribution in [0.3, 0.4) is 0 Å². The SMILES string of the molecule is Cc1ccc(S(=O)(=O)N2C(=O)c3cc(F)ccc3[C@@H]2c2ccccc2)cc1. The summed E-state index contributed by atoms with van der Waals surface area (Å²) < 4.78 is 41.2. The molecule has 0 aromatic heterocycles. The lowest BCUT2D eigenvalue weighted by atomic mass is 9.98. The summed E-state index contributed by atoms with van der Waals surface area (Å²) in [6.07, 6.45) is 0. The maximum absolute atomic E-state index is 13.7. The molecule has 0 unspecified atom stereocenters. The number of amides is 1. The van der Waals surface area contributed by atoms with E-state index in [9.17, 15) is 17.6 Å². The van der Waals surface area contributed by atoms with Gasteiger partial charge in [0.25, 0.3) is 15.9 Å². The fourth-order valence-electron chi connectivity index (χ4n) is 3.34. The van der Waals surface area contributed by atoms with Gasteiger partial charge in [-0.2, -0.15) is 0 Å². The van der Waals surface area contributed by atoms with Gasteiger partial charge in [0.05, 0.1) is 10.9 Å². The first-order chi connectivity index (χ1) is 12.9. The normalized spacial score (nSPS) is 16.4. The van der Waals surface area contributed by atoms with Gasteiger partial charge in [0.1, 0.15) is 5.82 Å². The Morgan fingerprint density at radius 3 is 2.26 bits per heavy atom. The van der Waals surface area contributed by atoms with Crippen LogP contribution in [0.4, 0.5) is 4.39 Å². The van der Waals surface area contributed by atoms with E-state index in [0.29, 0.717) is 11.1 Å². The van der Waals surface area contributed by atoms with E-state index in [1.807, 2.05) is 13.0 Å². The van der Waals surface area contributed by atoms with Gasteiger partial charge in [0.2, 0.25) is 0 Å². The maximum Gasteiger partial charge on any atom is 0.269 e. The number of nitrogens with zero attached hydrogens (tertiary/aromatic N) is 1. The standard InChI is InChI=1S/C21H16FNO3S/c1-14-7-10-17(11-8-14)27(25,26)23-20(15-5-3-2-4-6-15)18-12-9-16(22)13-19(18)21(23)24/h2-13,20H,1H3/t20-/m0/s1. The Hall–Kier alpha value is -2.99. The zero-order chi connectivity index (χ0) is 19.2. The van der Waals surface area contributed by atoms with Crippen molar-refractivity contribution in [3.05, 3.63) is 101 Å². The second-order valence-corrected chi connectivity index (χ2v) is 8.28. The lowest BCUT2D eigenvalue weighted by Gasteiger charge is -2.25. The molecular formula is C21H16FNO3S. The Bertz CT molecular complexity index is 1130. The molecule has 1 amide bonds. The van der Waals surface area contributed by atoms with Crippen molar-refractivity contribution in [1.82, 2.24) is 4.31 Å². The molecule has 1 aliphatic heterocycles. The second-order valence-electron chi connectivity index (χ2n) is 6.46. The van der Waals surface area contributed by atoms with Crippen LogP contribution >= 0.6 is 0 Å². The minimum absolute atomic E-state index is 0.0238. The van der Waals surface area contributed by atoms with Gasteiger partial charge in [-0.3, -0.25) is 4.79 Å². The molecule has 0 radical (unpaired) electrons. The van der Waals surface area contributed by atoms with Crippen molar-refractivity contribution in [2.45, 2.75) is 17.9 Å². The number of fused-ring (bicyclic) bond motifs is 1. The molecule has 27 heavy (non-hydrogen) atoms. The smallest absolute Gasteiger partial charge is 0.268 e. The predicted molar refractivity (Wildman–Crippen MR) is 99.2 cm³/mol. The molecule has 1 aliphatic rings. The van der Waals surface area contributed by atoms with Crippen LogP contribution < -0.4 is 0 Å². The molecule has 0 aliphatic carbocycles. The highest BCUT2D eigenvalue weighted by Gasteiger charge is 2.45. The molecule has 4 rings (SSSR count). The summed E-state index contributed by atoms with van der Waals surface area (Å²) in [6, 6.07) is 18.2. The van der Waals surface area contributed by atoms with Gasteiger partial charge >= 0.3 is 0 Å². The number of carbonyl (C=O) groups is 1. The van der Waals surface area contributed by atoms with Gasteiger partial charge in [0, 0.05) is 5.56 Å². The van der Waals surface area contributed by atoms with Crippen molar-refractivity contribution in [2.75, 3.05) is 0 Å². The minimum Gasteiger partial charge on any atom is -0.268 e. The van der Waals surface area contributed by atoms with E-state index in [-0.39, 0.29) is 10.5 Å². The maximum atomic E-state index is 13.7. The summed E-state index contributed by atoms with van der Waals surface area (Å²) >= 11 is 0. The molecule has 0 saturated heterocycles. The van der Waals surface area contributed by atoms with Crippen LogP contribution in [0.1, 0.15) is 33.1 Å². The van der Waals surface area contributed by atoms with E-state index in [2.05, 4.69) is 0 Å². The number of rotatable bonds is 3. The summed E-state index contributed by atoms with van der Waals surface area (Å²) in [4.78, 5) is 13.0. The largest absolute Gasteiger partial charge is 0.269 e. The summed E-state index contributed by atoms with van der Waals surface area (Å²) in [7, 11) is -4.12. The van der Waals surface area contributed by atoms with Gasteiger partial charge < -0.3 is 0 Å². The Morgan fingerprint density at radius 2 is 1.59 bits per heavy atom. The first-order valence-electron chi connectivity index (χ1n) is 8.39. The van der Waals surface area contributed by atoms with Crippen LogP contribution in [0.5, 0.6) is 0 Å². The zero-order valence-corrected chi connectivity index (χ0v) is 15.3. The second kappa shape index (κ2) is 6.32. The Morgan fingerprint density at radius 1 is 0.926 bits per heavy atom. The molecule has 0 bridgehead atoms. The van der Waals surface area contributed by atoms with E-state index in [0.717, 1.165) is 15.9 Å². The average molecular weight is 381 g/mol. The van der Waals surface area contributed by atoms with Crippen LogP contribution in [0.15, 0.2) is 77.7 Å². The average Bonchev–Trinajstić information content (AvgIpc) is 2.95. The number of benzene rings is 3. The third-order valence-corrected chi connectivity index (χ3v) is 6.43. The molecule has 0 saturated carbocycles. The van der Waals surface area contributed by atoms with Gasteiger partial charge in [-0.15, -0.1) is 0 Å². The molecule has 6 heteroatoms. The Kier molecular flexibility index (Phi) is 4.08. The third kappa shape index (κ3) is 2.82. The van der Waals surface area contributed by atoms with Gasteiger partial charge in [-0.05, 0) is 42.3 Å². The van der Waals surface area contributed by atoms with Crippen LogP contribution in [-0.4, -0.2) is 18.6 Å². The van der Waals surface area contributed by atoms with Crippen LogP contribution in [0.25, 0.3) is 0 Å². The number of aryl methyl sites for hydroxylation is 1. The quantitative estimate of drug-likeness (QED) is 0.687.